The van der Waals surface area contributed by atoms with Gasteiger partial charge in [0, 0.05) is 18.8 Å². The molecule has 5 atom stereocenters. The van der Waals surface area contributed by atoms with E-state index in [1.807, 2.05) is 30.3 Å². The summed E-state index contributed by atoms with van der Waals surface area (Å²) in [6.07, 6.45) is -4.66. The zero-order valence-electron chi connectivity index (χ0n) is 18.6. The highest BCUT2D eigenvalue weighted by molar-refractivity contribution is 7.70. The summed E-state index contributed by atoms with van der Waals surface area (Å²) in [6, 6.07) is 10.7. The van der Waals surface area contributed by atoms with Crippen molar-refractivity contribution < 1.29 is 48.1 Å². The third-order valence-electron chi connectivity index (χ3n) is 5.08. The van der Waals surface area contributed by atoms with E-state index in [4.69, 9.17) is 19.4 Å². The second-order valence-electron chi connectivity index (χ2n) is 7.74. The SMILES string of the molecule is CCn1c(=O)n([C@@H]2O[C@H](COP(=O)(O)CP(=O)(O)O)[C@@H](O)[C@H]2O)cc/c1=N/OCc1ccccc1. The van der Waals surface area contributed by atoms with Crippen LogP contribution < -0.4 is 11.2 Å². The number of hydrogen-bond donors (Lipinski definition) is 5. The number of nitrogens with zero attached hydrogens (tertiary/aromatic N) is 3. The van der Waals surface area contributed by atoms with Crippen molar-refractivity contribution in [3.8, 4) is 0 Å². The molecule has 0 radical (unpaired) electrons. The summed E-state index contributed by atoms with van der Waals surface area (Å²) in [5, 5.41) is 24.7. The van der Waals surface area contributed by atoms with E-state index in [1.54, 1.807) is 6.92 Å². The van der Waals surface area contributed by atoms with Gasteiger partial charge in [0.05, 0.1) is 6.61 Å². The van der Waals surface area contributed by atoms with Gasteiger partial charge in [0.15, 0.2) is 17.6 Å². The number of benzene rings is 1. The molecule has 1 aromatic heterocycles. The van der Waals surface area contributed by atoms with Gasteiger partial charge in [-0.2, -0.15) is 0 Å². The lowest BCUT2D eigenvalue weighted by atomic mass is 10.1. The van der Waals surface area contributed by atoms with Gasteiger partial charge in [-0.3, -0.25) is 18.3 Å². The Morgan fingerprint density at radius 2 is 1.77 bits per heavy atom. The molecule has 1 aliphatic rings. The minimum absolute atomic E-state index is 0.183. The Hall–Kier alpha value is -2.12. The van der Waals surface area contributed by atoms with Crippen LogP contribution in [0.25, 0.3) is 0 Å². The highest BCUT2D eigenvalue weighted by Crippen LogP contribution is 2.55. The van der Waals surface area contributed by atoms with E-state index in [2.05, 4.69) is 9.68 Å². The van der Waals surface area contributed by atoms with Crippen molar-refractivity contribution in [1.82, 2.24) is 9.13 Å². The van der Waals surface area contributed by atoms with Crippen LogP contribution in [-0.2, 0) is 36.4 Å². The van der Waals surface area contributed by atoms with Gasteiger partial charge in [0.2, 0.25) is 0 Å². The molecule has 0 bridgehead atoms. The Morgan fingerprint density at radius 3 is 2.40 bits per heavy atom. The molecule has 1 fully saturated rings. The second kappa shape index (κ2) is 11.3. The lowest BCUT2D eigenvalue weighted by molar-refractivity contribution is -0.0531. The summed E-state index contributed by atoms with van der Waals surface area (Å²) in [7, 11) is -9.54. The van der Waals surface area contributed by atoms with Gasteiger partial charge in [-0.15, -0.1) is 0 Å². The third-order valence-corrected chi connectivity index (χ3v) is 8.53. The molecular weight excluding hydrogens is 508 g/mol. The molecular formula is C19H27N3O11P2. The van der Waals surface area contributed by atoms with Crippen molar-refractivity contribution in [3.63, 3.8) is 0 Å². The van der Waals surface area contributed by atoms with Crippen molar-refractivity contribution in [1.29, 1.82) is 0 Å². The summed E-state index contributed by atoms with van der Waals surface area (Å²) in [6.45, 7) is 1.31. The maximum absolute atomic E-state index is 13.0. The Kier molecular flexibility index (Phi) is 8.86. The number of aliphatic hydroxyl groups is 2. The van der Waals surface area contributed by atoms with E-state index < -0.39 is 57.9 Å². The number of rotatable bonds is 10. The van der Waals surface area contributed by atoms with Crippen LogP contribution in [0, 0.1) is 0 Å². The molecule has 1 aliphatic heterocycles. The molecule has 14 nitrogen and oxygen atoms in total. The fourth-order valence-electron chi connectivity index (χ4n) is 3.42. The van der Waals surface area contributed by atoms with Crippen LogP contribution in [0.15, 0.2) is 52.5 Å². The summed E-state index contributed by atoms with van der Waals surface area (Å²) in [5.41, 5.74) is 0.450. The summed E-state index contributed by atoms with van der Waals surface area (Å²) < 4.78 is 35.2. The summed E-state index contributed by atoms with van der Waals surface area (Å²) >= 11 is 0. The number of aromatic nitrogens is 2. The van der Waals surface area contributed by atoms with E-state index in [1.165, 1.54) is 16.8 Å². The Bertz CT molecular complexity index is 1230. The van der Waals surface area contributed by atoms with E-state index in [0.717, 1.165) is 10.1 Å². The lowest BCUT2D eigenvalue weighted by Crippen LogP contribution is -2.43. The van der Waals surface area contributed by atoms with Crippen LogP contribution in [0.2, 0.25) is 0 Å². The Labute approximate surface area is 199 Å². The van der Waals surface area contributed by atoms with Crippen LogP contribution in [0.4, 0.5) is 0 Å². The smallest absolute Gasteiger partial charge is 0.340 e. The monoisotopic (exact) mass is 535 g/mol. The molecule has 3 rings (SSSR count). The van der Waals surface area contributed by atoms with Gasteiger partial charge in [-0.1, -0.05) is 35.5 Å². The van der Waals surface area contributed by atoms with E-state index in [0.29, 0.717) is 0 Å². The van der Waals surface area contributed by atoms with Crippen LogP contribution in [0.1, 0.15) is 18.7 Å². The molecule has 0 spiro atoms. The summed E-state index contributed by atoms with van der Waals surface area (Å²) in [5.74, 6) is -1.41. The first-order valence-electron chi connectivity index (χ1n) is 10.5. The molecule has 1 aromatic carbocycles. The molecule has 2 heterocycles. The van der Waals surface area contributed by atoms with Crippen LogP contribution >= 0.6 is 15.2 Å². The molecule has 0 amide bonds. The fourth-order valence-corrected chi connectivity index (χ4v) is 5.99. The van der Waals surface area contributed by atoms with E-state index in [-0.39, 0.29) is 18.6 Å². The zero-order chi connectivity index (χ0) is 25.8. The van der Waals surface area contributed by atoms with Crippen molar-refractivity contribution in [2.24, 2.45) is 5.16 Å². The van der Waals surface area contributed by atoms with Gasteiger partial charge >= 0.3 is 20.9 Å². The quantitative estimate of drug-likeness (QED) is 0.197. The van der Waals surface area contributed by atoms with E-state index in [9.17, 15) is 29.0 Å². The molecule has 1 unspecified atom stereocenters. The summed E-state index contributed by atoms with van der Waals surface area (Å²) in [4.78, 5) is 45.7. The molecule has 16 heteroatoms. The van der Waals surface area contributed by atoms with Gasteiger partial charge in [-0.25, -0.2) is 4.79 Å². The predicted octanol–water partition coefficient (Wildman–Crippen LogP) is -0.341. The third kappa shape index (κ3) is 7.20. The highest BCUT2D eigenvalue weighted by Gasteiger charge is 2.45. The second-order valence-corrected chi connectivity index (χ2v) is 11.7. The van der Waals surface area contributed by atoms with Crippen molar-refractivity contribution in [2.45, 2.75) is 44.6 Å². The molecule has 35 heavy (non-hydrogen) atoms. The van der Waals surface area contributed by atoms with E-state index >= 15 is 0 Å². The standard InChI is InChI=1S/C19H27N3O11P2/c1-2-21-15(20-31-10-13-6-4-3-5-7-13)8-9-22(19(21)25)18-17(24)16(23)14(33-18)11-32-35(29,30)12-34(26,27)28/h3-9,14,16-18,23-24H,2,10-12H2,1H3,(H,29,30)(H2,26,27,28)/b20-15-/t14-,16-,17-,18-/m1/s1. The van der Waals surface area contributed by atoms with Crippen LogP contribution in [0.3, 0.4) is 0 Å². The topological polar surface area (TPSA) is 202 Å². The van der Waals surface area contributed by atoms with Crippen LogP contribution in [0.5, 0.6) is 0 Å². The van der Waals surface area contributed by atoms with Crippen LogP contribution in [-0.4, -0.2) is 64.8 Å². The first kappa shape index (κ1) is 27.5. The van der Waals surface area contributed by atoms with Crippen molar-refractivity contribution in [2.75, 3.05) is 12.5 Å². The molecule has 2 aromatic rings. The largest absolute Gasteiger partial charge is 0.389 e. The molecule has 194 valence electrons. The van der Waals surface area contributed by atoms with Gasteiger partial charge < -0.3 is 39.0 Å². The van der Waals surface area contributed by atoms with Crippen molar-refractivity contribution in [3.05, 3.63) is 64.1 Å². The number of aliphatic hydroxyl groups excluding tert-OH is 2. The highest BCUT2D eigenvalue weighted by atomic mass is 31.2. The minimum Gasteiger partial charge on any atom is -0.389 e. The maximum Gasteiger partial charge on any atom is 0.340 e. The average molecular weight is 535 g/mol. The van der Waals surface area contributed by atoms with Gasteiger partial charge in [0.1, 0.15) is 24.9 Å². The van der Waals surface area contributed by atoms with Gasteiger partial charge in [-0.05, 0) is 12.5 Å². The first-order chi connectivity index (χ1) is 16.4. The Balaban J connectivity index is 1.75. The fraction of sp³-hybridized carbons (Fsp3) is 0.474. The lowest BCUT2D eigenvalue weighted by Gasteiger charge is -2.19. The molecule has 0 saturated carbocycles. The number of ether oxygens (including phenoxy) is 1. The normalized spacial score (nSPS) is 24.9. The number of hydrogen-bond acceptors (Lipinski definition) is 9. The zero-order valence-corrected chi connectivity index (χ0v) is 20.4. The maximum atomic E-state index is 13.0. The molecule has 1 saturated heterocycles. The predicted molar refractivity (Wildman–Crippen MR) is 120 cm³/mol. The first-order valence-corrected chi connectivity index (χ1v) is 14.0. The van der Waals surface area contributed by atoms with Gasteiger partial charge in [0.25, 0.3) is 0 Å². The minimum atomic E-state index is -4.84. The average Bonchev–Trinajstić information content (AvgIpc) is 3.06. The molecule has 5 N–H and O–H groups in total. The Morgan fingerprint density at radius 1 is 1.09 bits per heavy atom. The molecule has 0 aliphatic carbocycles. The van der Waals surface area contributed by atoms with Crippen molar-refractivity contribution >= 4 is 15.2 Å².